The number of nitrogens with zero attached hydrogens (tertiary/aromatic N) is 3. The molecule has 0 aliphatic carbocycles. The Morgan fingerprint density at radius 3 is 2.76 bits per heavy atom. The maximum Gasteiger partial charge on any atom is 0.244 e. The van der Waals surface area contributed by atoms with E-state index in [2.05, 4.69) is 24.3 Å². The van der Waals surface area contributed by atoms with Crippen LogP contribution in [0.5, 0.6) is 0 Å². The van der Waals surface area contributed by atoms with E-state index in [0.717, 1.165) is 11.3 Å². The van der Waals surface area contributed by atoms with Crippen LogP contribution in [0.25, 0.3) is 6.08 Å². The minimum absolute atomic E-state index is 0.193. The number of amides is 1. The normalized spacial score (nSPS) is 17.6. The van der Waals surface area contributed by atoms with E-state index in [1.165, 1.54) is 10.4 Å². The van der Waals surface area contributed by atoms with Crippen molar-refractivity contribution in [2.45, 2.75) is 33.7 Å². The first-order chi connectivity index (χ1) is 11.7. The van der Waals surface area contributed by atoms with Crippen LogP contribution in [0.3, 0.4) is 0 Å². The summed E-state index contributed by atoms with van der Waals surface area (Å²) in [5, 5.41) is 7.59. The third-order valence-corrected chi connectivity index (χ3v) is 6.27. The minimum Gasteiger partial charge on any atom is -0.351 e. The van der Waals surface area contributed by atoms with Gasteiger partial charge in [-0.3, -0.25) is 9.48 Å². The summed E-state index contributed by atoms with van der Waals surface area (Å²) in [6.07, 6.45) is 3.69. The summed E-state index contributed by atoms with van der Waals surface area (Å²) >= 11 is 6.32. The first-order valence-electron chi connectivity index (χ1n) is 8.37. The quantitative estimate of drug-likeness (QED) is 0.720. The molecule has 2 heterocycles. The number of hydrogen-bond donors (Lipinski definition) is 1. The highest BCUT2D eigenvalue weighted by Gasteiger charge is 2.27. The van der Waals surface area contributed by atoms with Gasteiger partial charge in [-0.05, 0) is 25.3 Å². The summed E-state index contributed by atoms with van der Waals surface area (Å²) < 4.78 is 26.5. The summed E-state index contributed by atoms with van der Waals surface area (Å²) in [6, 6.07) is 0. The Labute approximate surface area is 154 Å². The number of nitrogens with one attached hydrogen (secondary N) is 1. The van der Waals surface area contributed by atoms with Gasteiger partial charge in [0.25, 0.3) is 0 Å². The highest BCUT2D eigenvalue weighted by atomic mass is 35.5. The van der Waals surface area contributed by atoms with Crippen molar-refractivity contribution in [1.82, 2.24) is 19.4 Å². The van der Waals surface area contributed by atoms with Gasteiger partial charge in [0.1, 0.15) is 5.15 Å². The van der Waals surface area contributed by atoms with E-state index in [1.54, 1.807) is 10.8 Å². The number of rotatable bonds is 7. The number of aryl methyl sites for hydroxylation is 1. The fraction of sp³-hybridized carbons (Fsp3) is 0.625. The number of halogens is 1. The molecule has 1 aliphatic rings. The van der Waals surface area contributed by atoms with Crippen molar-refractivity contribution in [3.8, 4) is 0 Å². The van der Waals surface area contributed by atoms with E-state index < -0.39 is 10.0 Å². The van der Waals surface area contributed by atoms with E-state index >= 15 is 0 Å². The zero-order chi connectivity index (χ0) is 18.6. The fourth-order valence-corrected chi connectivity index (χ4v) is 4.52. The summed E-state index contributed by atoms with van der Waals surface area (Å²) in [4.78, 5) is 11.9. The lowest BCUT2D eigenvalue weighted by Crippen LogP contribution is -2.35. The first kappa shape index (κ1) is 19.9. The van der Waals surface area contributed by atoms with Crippen molar-refractivity contribution in [3.63, 3.8) is 0 Å². The zero-order valence-electron chi connectivity index (χ0n) is 14.8. The molecule has 1 aromatic rings. The molecule has 1 amide bonds. The molecular weight excluding hydrogens is 364 g/mol. The summed E-state index contributed by atoms with van der Waals surface area (Å²) in [5.41, 5.74) is 1.48. The van der Waals surface area contributed by atoms with E-state index in [4.69, 9.17) is 11.6 Å². The molecule has 0 aromatic carbocycles. The SMILES string of the molecule is Cc1nn(CC(C)C)c(Cl)c1/C=C/C(=O)NCCN1CCCS1(=O)=O. The maximum absolute atomic E-state index is 11.9. The van der Waals surface area contributed by atoms with Gasteiger partial charge in [0.05, 0.1) is 11.4 Å². The van der Waals surface area contributed by atoms with Gasteiger partial charge >= 0.3 is 0 Å². The Morgan fingerprint density at radius 2 is 2.16 bits per heavy atom. The Balaban J connectivity index is 1.89. The average Bonchev–Trinajstić information content (AvgIpc) is 2.97. The molecule has 1 saturated heterocycles. The second kappa shape index (κ2) is 8.33. The molecule has 0 unspecified atom stereocenters. The van der Waals surface area contributed by atoms with E-state index in [1.807, 2.05) is 6.92 Å². The van der Waals surface area contributed by atoms with Crippen molar-refractivity contribution < 1.29 is 13.2 Å². The van der Waals surface area contributed by atoms with Gasteiger partial charge < -0.3 is 5.32 Å². The topological polar surface area (TPSA) is 84.3 Å². The smallest absolute Gasteiger partial charge is 0.244 e. The lowest BCUT2D eigenvalue weighted by molar-refractivity contribution is -0.116. The molecule has 0 saturated carbocycles. The van der Waals surface area contributed by atoms with Crippen LogP contribution in [0, 0.1) is 12.8 Å². The van der Waals surface area contributed by atoms with Crippen LogP contribution in [0.1, 0.15) is 31.5 Å². The zero-order valence-corrected chi connectivity index (χ0v) is 16.4. The van der Waals surface area contributed by atoms with E-state index in [0.29, 0.717) is 37.1 Å². The average molecular weight is 389 g/mol. The molecule has 25 heavy (non-hydrogen) atoms. The van der Waals surface area contributed by atoms with Gasteiger partial charge in [-0.2, -0.15) is 5.10 Å². The van der Waals surface area contributed by atoms with E-state index in [-0.39, 0.29) is 18.2 Å². The van der Waals surface area contributed by atoms with Crippen molar-refractivity contribution in [1.29, 1.82) is 0 Å². The number of sulfonamides is 1. The van der Waals surface area contributed by atoms with Gasteiger partial charge in [-0.1, -0.05) is 25.4 Å². The lowest BCUT2D eigenvalue weighted by atomic mass is 10.2. The van der Waals surface area contributed by atoms with Crippen molar-refractivity contribution >= 4 is 33.6 Å². The predicted octanol–water partition coefficient (Wildman–Crippen LogP) is 1.67. The number of carbonyl (C=O) groups excluding carboxylic acids is 1. The van der Waals surface area contributed by atoms with Gasteiger partial charge in [0, 0.05) is 37.8 Å². The summed E-state index contributed by atoms with van der Waals surface area (Å²) in [6.45, 7) is 7.82. The van der Waals surface area contributed by atoms with E-state index in [9.17, 15) is 13.2 Å². The minimum atomic E-state index is -3.12. The fourth-order valence-electron chi connectivity index (χ4n) is 2.69. The second-order valence-corrected chi connectivity index (χ2v) is 9.01. The molecule has 1 aliphatic heterocycles. The van der Waals surface area contributed by atoms with Crippen molar-refractivity contribution in [2.24, 2.45) is 5.92 Å². The number of hydrogen-bond acceptors (Lipinski definition) is 4. The van der Waals surface area contributed by atoms with Crippen LogP contribution in [0.4, 0.5) is 0 Å². The van der Waals surface area contributed by atoms with Crippen LogP contribution in [-0.4, -0.2) is 53.8 Å². The molecule has 9 heteroatoms. The van der Waals surface area contributed by atoms with Crippen LogP contribution >= 0.6 is 11.6 Å². The molecule has 2 rings (SSSR count). The first-order valence-corrected chi connectivity index (χ1v) is 10.4. The Bertz CT molecular complexity index is 756. The monoisotopic (exact) mass is 388 g/mol. The van der Waals surface area contributed by atoms with Crippen LogP contribution in [-0.2, 0) is 21.4 Å². The van der Waals surface area contributed by atoms with Gasteiger partial charge in [-0.25, -0.2) is 12.7 Å². The standard InChI is InChI=1S/C16H25ClN4O3S/c1-12(2)11-21-16(17)14(13(3)19-21)5-6-15(22)18-7-9-20-8-4-10-25(20,23)24/h5-6,12H,4,7-11H2,1-3H3,(H,18,22)/b6-5+. The Hall–Kier alpha value is -1.38. The molecule has 0 bridgehead atoms. The van der Waals surface area contributed by atoms with Crippen LogP contribution in [0.15, 0.2) is 6.08 Å². The number of aromatic nitrogens is 2. The van der Waals surface area contributed by atoms with Gasteiger partial charge in [0.2, 0.25) is 15.9 Å². The molecule has 0 spiro atoms. The van der Waals surface area contributed by atoms with Crippen LogP contribution in [0.2, 0.25) is 5.15 Å². The van der Waals surface area contributed by atoms with Gasteiger partial charge in [0.15, 0.2) is 0 Å². The maximum atomic E-state index is 11.9. The summed E-state index contributed by atoms with van der Waals surface area (Å²) in [7, 11) is -3.12. The third kappa shape index (κ3) is 5.29. The second-order valence-electron chi connectivity index (χ2n) is 6.56. The number of carbonyl (C=O) groups is 1. The highest BCUT2D eigenvalue weighted by molar-refractivity contribution is 7.89. The largest absolute Gasteiger partial charge is 0.351 e. The molecule has 0 atom stereocenters. The van der Waals surface area contributed by atoms with Crippen LogP contribution < -0.4 is 5.32 Å². The lowest BCUT2D eigenvalue weighted by Gasteiger charge is -2.13. The molecule has 1 fully saturated rings. The molecule has 0 radical (unpaired) electrons. The highest BCUT2D eigenvalue weighted by Crippen LogP contribution is 2.22. The molecule has 7 nitrogen and oxygen atoms in total. The molecular formula is C16H25ClN4O3S. The Kier molecular flexibility index (Phi) is 6.65. The Morgan fingerprint density at radius 1 is 1.44 bits per heavy atom. The predicted molar refractivity (Wildman–Crippen MR) is 98.8 cm³/mol. The van der Waals surface area contributed by atoms with Crippen molar-refractivity contribution in [3.05, 3.63) is 22.5 Å². The molecule has 1 N–H and O–H groups in total. The molecule has 140 valence electrons. The summed E-state index contributed by atoms with van der Waals surface area (Å²) in [5.74, 6) is 0.321. The van der Waals surface area contributed by atoms with Gasteiger partial charge in [-0.15, -0.1) is 0 Å². The van der Waals surface area contributed by atoms with Crippen molar-refractivity contribution in [2.75, 3.05) is 25.4 Å². The third-order valence-electron chi connectivity index (χ3n) is 3.91. The molecule has 1 aromatic heterocycles.